The number of carbonyl (C=O) groups excluding carboxylic acids is 4. The number of phenolic OH excluding ortho intramolecular Hbond substituents is 2. The number of rotatable bonds is 19. The average molecular weight is 721 g/mol. The molecule has 2 rings (SSSR count). The second kappa shape index (κ2) is 22.3. The van der Waals surface area contributed by atoms with Gasteiger partial charge in [-0.25, -0.2) is 19.2 Å². The molecule has 4 N–H and O–H groups in total. The summed E-state index contributed by atoms with van der Waals surface area (Å²) >= 11 is 0. The van der Waals surface area contributed by atoms with E-state index in [1.807, 2.05) is 23.6 Å². The molecule has 2 amide bonds. The summed E-state index contributed by atoms with van der Waals surface area (Å²) in [5, 5.41) is 44.6. The topological polar surface area (TPSA) is 224 Å². The summed E-state index contributed by atoms with van der Waals surface area (Å²) in [5.41, 5.74) is 1.35. The van der Waals surface area contributed by atoms with Crippen molar-refractivity contribution < 1.29 is 48.3 Å². The fraction of sp³-hybridized carbons (Fsp3) is 0.389. The molecular formula is C36H44N6O10. The molecule has 16 nitrogen and oxygen atoms in total. The normalized spacial score (nSPS) is 11.0. The minimum Gasteiger partial charge on any atom is -0.507 e. The van der Waals surface area contributed by atoms with Crippen LogP contribution >= 0.6 is 0 Å². The summed E-state index contributed by atoms with van der Waals surface area (Å²) in [4.78, 5) is 51.8. The Labute approximate surface area is 302 Å². The van der Waals surface area contributed by atoms with Crippen LogP contribution in [0.4, 0.5) is 21.0 Å². The number of aromatic hydroxyl groups is 2. The molecule has 0 spiro atoms. The third-order valence-electron chi connectivity index (χ3n) is 7.20. The third kappa shape index (κ3) is 13.5. The van der Waals surface area contributed by atoms with Crippen molar-refractivity contribution in [2.75, 3.05) is 75.5 Å². The van der Waals surface area contributed by atoms with Gasteiger partial charge in [0.25, 0.3) is 0 Å². The Morgan fingerprint density at radius 2 is 1.06 bits per heavy atom. The van der Waals surface area contributed by atoms with Gasteiger partial charge in [-0.15, -0.1) is 0 Å². The van der Waals surface area contributed by atoms with Crippen molar-refractivity contribution in [3.05, 3.63) is 58.7 Å². The van der Waals surface area contributed by atoms with Crippen molar-refractivity contribution in [3.63, 3.8) is 0 Å². The van der Waals surface area contributed by atoms with Crippen LogP contribution in [0.3, 0.4) is 0 Å². The van der Waals surface area contributed by atoms with Crippen molar-refractivity contribution in [2.45, 2.75) is 27.7 Å². The molecule has 2 aromatic rings. The fourth-order valence-corrected chi connectivity index (χ4v) is 4.60. The van der Waals surface area contributed by atoms with E-state index in [-0.39, 0.29) is 73.3 Å². The maximum atomic E-state index is 12.1. The number of anilines is 2. The van der Waals surface area contributed by atoms with Gasteiger partial charge in [-0.05, 0) is 64.1 Å². The molecule has 0 aliphatic carbocycles. The van der Waals surface area contributed by atoms with Crippen LogP contribution in [0, 0.1) is 22.7 Å². The standard InChI is InChI=1S/C36H44N6O10/c1-5-41(29-11-9-25(31(43)21-29)19-27(23-37)33(45)49-7-3)15-13-39-35(47)51-17-18-52-36(48)40-14-16-42(6-2)30-12-10-26(32(44)22-30)20-28(24-38)34(46)50-8-4/h9-12,19-22,43-44H,5-8,13-18H2,1-4H3,(H,39,47)(H,40,48)/b27-19+,28-20+. The van der Waals surface area contributed by atoms with Gasteiger partial charge in [0.05, 0.1) is 13.2 Å². The molecule has 0 unspecified atom stereocenters. The molecule has 0 saturated carbocycles. The van der Waals surface area contributed by atoms with E-state index in [0.29, 0.717) is 37.6 Å². The predicted octanol–water partition coefficient (Wildman–Crippen LogP) is 3.84. The lowest BCUT2D eigenvalue weighted by atomic mass is 10.1. The number of carbonyl (C=O) groups is 4. The minimum atomic E-state index is -0.781. The molecule has 52 heavy (non-hydrogen) atoms. The van der Waals surface area contributed by atoms with Crippen molar-refractivity contribution in [1.29, 1.82) is 10.5 Å². The molecule has 16 heteroatoms. The fourth-order valence-electron chi connectivity index (χ4n) is 4.60. The van der Waals surface area contributed by atoms with Gasteiger partial charge < -0.3 is 49.6 Å². The summed E-state index contributed by atoms with van der Waals surface area (Å²) in [6.45, 7) is 9.15. The zero-order valence-electron chi connectivity index (χ0n) is 29.6. The highest BCUT2D eigenvalue weighted by Gasteiger charge is 2.15. The Morgan fingerprint density at radius 3 is 1.37 bits per heavy atom. The van der Waals surface area contributed by atoms with Crippen LogP contribution in [0.15, 0.2) is 47.5 Å². The highest BCUT2D eigenvalue weighted by Crippen LogP contribution is 2.28. The number of hydrogen-bond donors (Lipinski definition) is 4. The van der Waals surface area contributed by atoms with E-state index in [1.54, 1.807) is 50.3 Å². The molecule has 0 atom stereocenters. The number of alkyl carbamates (subject to hydrolysis) is 2. The summed E-state index contributed by atoms with van der Waals surface area (Å²) < 4.78 is 19.8. The lowest BCUT2D eigenvalue weighted by Gasteiger charge is -2.24. The Hall–Kier alpha value is -6.42. The van der Waals surface area contributed by atoms with Crippen LogP contribution in [-0.2, 0) is 28.5 Å². The van der Waals surface area contributed by atoms with Gasteiger partial charge in [-0.1, -0.05) is 0 Å². The van der Waals surface area contributed by atoms with E-state index in [9.17, 15) is 39.9 Å². The number of hydrogen-bond acceptors (Lipinski definition) is 14. The average Bonchev–Trinajstić information content (AvgIpc) is 3.13. The Morgan fingerprint density at radius 1 is 0.673 bits per heavy atom. The van der Waals surface area contributed by atoms with E-state index in [2.05, 4.69) is 10.6 Å². The van der Waals surface area contributed by atoms with E-state index < -0.39 is 24.1 Å². The van der Waals surface area contributed by atoms with E-state index in [1.165, 1.54) is 24.3 Å². The zero-order valence-corrected chi connectivity index (χ0v) is 29.6. The van der Waals surface area contributed by atoms with Gasteiger partial charge in [-0.2, -0.15) is 10.5 Å². The Bertz CT molecular complexity index is 1570. The first-order valence-corrected chi connectivity index (χ1v) is 16.6. The van der Waals surface area contributed by atoms with Crippen molar-refractivity contribution in [1.82, 2.24) is 10.6 Å². The van der Waals surface area contributed by atoms with E-state index >= 15 is 0 Å². The Balaban J connectivity index is 1.74. The molecule has 2 aromatic carbocycles. The van der Waals surface area contributed by atoms with Gasteiger partial charge in [0, 0.05) is 73.9 Å². The van der Waals surface area contributed by atoms with E-state index in [0.717, 1.165) is 0 Å². The number of nitrogens with one attached hydrogen (secondary N) is 2. The summed E-state index contributed by atoms with van der Waals surface area (Å²) in [5.74, 6) is -1.85. The number of ether oxygens (including phenoxy) is 4. The smallest absolute Gasteiger partial charge is 0.407 e. The maximum absolute atomic E-state index is 12.1. The zero-order chi connectivity index (χ0) is 38.5. The number of nitriles is 2. The number of esters is 2. The van der Waals surface area contributed by atoms with Crippen LogP contribution < -0.4 is 20.4 Å². The van der Waals surface area contributed by atoms with Crippen LogP contribution in [0.1, 0.15) is 38.8 Å². The van der Waals surface area contributed by atoms with Gasteiger partial charge in [0.1, 0.15) is 48.0 Å². The number of likely N-dealkylation sites (N-methyl/N-ethyl adjacent to an activating group) is 2. The molecule has 0 aliphatic heterocycles. The molecule has 0 aromatic heterocycles. The molecular weight excluding hydrogens is 676 g/mol. The van der Waals surface area contributed by atoms with Crippen LogP contribution in [0.2, 0.25) is 0 Å². The SMILES string of the molecule is CCOC(=O)/C(C#N)=C/c1ccc(N(CC)CCNC(=O)OCCOC(=O)NCCN(CC)c2ccc(/C=C(\C#N)C(=O)OCC)c(O)c2)cc1O. The molecule has 0 bridgehead atoms. The Kier molecular flexibility index (Phi) is 17.9. The minimum absolute atomic E-state index is 0.114. The third-order valence-corrected chi connectivity index (χ3v) is 7.20. The first-order valence-electron chi connectivity index (χ1n) is 16.6. The van der Waals surface area contributed by atoms with Gasteiger partial charge in [0.2, 0.25) is 0 Å². The first kappa shape index (κ1) is 41.7. The molecule has 0 radical (unpaired) electrons. The monoisotopic (exact) mass is 720 g/mol. The number of nitrogens with zero attached hydrogens (tertiary/aromatic N) is 4. The lowest BCUT2D eigenvalue weighted by molar-refractivity contribution is -0.138. The quantitative estimate of drug-likeness (QED) is 0.0532. The number of amides is 2. The second-order valence-electron chi connectivity index (χ2n) is 10.6. The van der Waals surface area contributed by atoms with Gasteiger partial charge >= 0.3 is 24.1 Å². The highest BCUT2D eigenvalue weighted by molar-refractivity contribution is 5.99. The second-order valence-corrected chi connectivity index (χ2v) is 10.6. The summed E-state index contributed by atoms with van der Waals surface area (Å²) in [7, 11) is 0. The van der Waals surface area contributed by atoms with Crippen molar-refractivity contribution in [2.24, 2.45) is 0 Å². The van der Waals surface area contributed by atoms with Gasteiger partial charge in [0.15, 0.2) is 0 Å². The lowest BCUT2D eigenvalue weighted by Crippen LogP contribution is -2.36. The van der Waals surface area contributed by atoms with Crippen molar-refractivity contribution in [3.8, 4) is 23.6 Å². The van der Waals surface area contributed by atoms with E-state index in [4.69, 9.17) is 18.9 Å². The molecule has 278 valence electrons. The predicted molar refractivity (Wildman–Crippen MR) is 191 cm³/mol. The van der Waals surface area contributed by atoms with Crippen molar-refractivity contribution >= 4 is 47.7 Å². The summed E-state index contributed by atoms with van der Waals surface area (Å²) in [6.07, 6.45) is 1.08. The molecule has 0 heterocycles. The van der Waals surface area contributed by atoms with Gasteiger partial charge in [-0.3, -0.25) is 0 Å². The van der Waals surface area contributed by atoms with Crippen LogP contribution in [-0.4, -0.2) is 100 Å². The maximum Gasteiger partial charge on any atom is 0.407 e. The van der Waals surface area contributed by atoms with Crippen LogP contribution in [0.25, 0.3) is 12.2 Å². The largest absolute Gasteiger partial charge is 0.507 e. The molecule has 0 saturated heterocycles. The highest BCUT2D eigenvalue weighted by atomic mass is 16.6. The molecule has 0 aliphatic rings. The molecule has 0 fully saturated rings. The number of phenols is 2. The number of benzene rings is 2. The van der Waals surface area contributed by atoms with Crippen LogP contribution in [0.5, 0.6) is 11.5 Å². The summed E-state index contributed by atoms with van der Waals surface area (Å²) in [6, 6.07) is 13.0. The first-order chi connectivity index (χ1) is 25.0.